The van der Waals surface area contributed by atoms with E-state index in [1.165, 1.54) is 12.0 Å². The van der Waals surface area contributed by atoms with E-state index in [4.69, 9.17) is 0 Å². The minimum Gasteiger partial charge on any atom is -0.338 e. The molecule has 1 fully saturated rings. The SMILES string of the molecule is C[C@H]1C[C@H](C)CN(C(=O)c2ccc(CSc3nc4ccccc4[nH]3)cc2)C1. The lowest BCUT2D eigenvalue weighted by Gasteiger charge is -2.35. The molecule has 5 heteroatoms. The highest BCUT2D eigenvalue weighted by molar-refractivity contribution is 7.98. The third-order valence-corrected chi connectivity index (χ3v) is 6.04. The largest absolute Gasteiger partial charge is 0.338 e. The molecule has 2 heterocycles. The summed E-state index contributed by atoms with van der Waals surface area (Å²) in [7, 11) is 0. The van der Waals surface area contributed by atoms with Gasteiger partial charge in [-0.2, -0.15) is 0 Å². The molecule has 3 aromatic rings. The number of rotatable bonds is 4. The highest BCUT2D eigenvalue weighted by atomic mass is 32.2. The van der Waals surface area contributed by atoms with Gasteiger partial charge in [0.2, 0.25) is 0 Å². The number of nitrogens with one attached hydrogen (secondary N) is 1. The van der Waals surface area contributed by atoms with E-state index >= 15 is 0 Å². The van der Waals surface area contributed by atoms with E-state index < -0.39 is 0 Å². The molecule has 0 radical (unpaired) electrons. The molecular weight excluding hydrogens is 354 g/mol. The van der Waals surface area contributed by atoms with Crippen molar-refractivity contribution in [2.45, 2.75) is 31.2 Å². The van der Waals surface area contributed by atoms with Crippen LogP contribution in [0, 0.1) is 11.8 Å². The van der Waals surface area contributed by atoms with Crippen LogP contribution in [0.4, 0.5) is 0 Å². The molecule has 0 saturated carbocycles. The van der Waals surface area contributed by atoms with Gasteiger partial charge in [0.15, 0.2) is 5.16 Å². The van der Waals surface area contributed by atoms with Gasteiger partial charge in [-0.1, -0.05) is 49.9 Å². The average Bonchev–Trinajstić information content (AvgIpc) is 3.08. The number of imidazole rings is 1. The lowest BCUT2D eigenvalue weighted by molar-refractivity contribution is 0.0623. The van der Waals surface area contributed by atoms with Crippen molar-refractivity contribution in [2.24, 2.45) is 11.8 Å². The van der Waals surface area contributed by atoms with E-state index in [2.05, 4.69) is 35.9 Å². The first kappa shape index (κ1) is 18.1. The Labute approximate surface area is 164 Å². The van der Waals surface area contributed by atoms with Crippen LogP contribution in [0.5, 0.6) is 0 Å². The smallest absolute Gasteiger partial charge is 0.253 e. The first-order chi connectivity index (χ1) is 13.1. The van der Waals surface area contributed by atoms with Crippen molar-refractivity contribution in [1.29, 1.82) is 0 Å². The minimum absolute atomic E-state index is 0.157. The van der Waals surface area contributed by atoms with Gasteiger partial charge >= 0.3 is 0 Å². The van der Waals surface area contributed by atoms with Crippen molar-refractivity contribution >= 4 is 28.7 Å². The molecule has 1 N–H and O–H groups in total. The number of amides is 1. The van der Waals surface area contributed by atoms with Crippen LogP contribution in [-0.4, -0.2) is 33.9 Å². The van der Waals surface area contributed by atoms with Gasteiger partial charge in [0.25, 0.3) is 5.91 Å². The number of aromatic nitrogens is 2. The zero-order chi connectivity index (χ0) is 18.8. The third kappa shape index (κ3) is 4.19. The number of thioether (sulfide) groups is 1. The molecule has 1 aliphatic heterocycles. The Morgan fingerprint density at radius 3 is 2.52 bits per heavy atom. The highest BCUT2D eigenvalue weighted by Crippen LogP contribution is 2.25. The molecule has 0 bridgehead atoms. The van der Waals surface area contributed by atoms with Crippen molar-refractivity contribution in [2.75, 3.05) is 13.1 Å². The van der Waals surface area contributed by atoms with Crippen molar-refractivity contribution < 1.29 is 4.79 Å². The molecule has 1 aliphatic rings. The molecule has 2 aromatic carbocycles. The Kier molecular flexibility index (Phi) is 5.21. The molecule has 1 aromatic heterocycles. The van der Waals surface area contributed by atoms with Crippen LogP contribution < -0.4 is 0 Å². The van der Waals surface area contributed by atoms with E-state index in [-0.39, 0.29) is 5.91 Å². The summed E-state index contributed by atoms with van der Waals surface area (Å²) in [6.45, 7) is 6.20. The fourth-order valence-corrected chi connectivity index (χ4v) is 4.75. The van der Waals surface area contributed by atoms with Crippen molar-refractivity contribution in [3.63, 3.8) is 0 Å². The van der Waals surface area contributed by atoms with Crippen LogP contribution in [0.2, 0.25) is 0 Å². The maximum Gasteiger partial charge on any atom is 0.253 e. The summed E-state index contributed by atoms with van der Waals surface area (Å²) >= 11 is 1.68. The average molecular weight is 380 g/mol. The Hall–Kier alpha value is -2.27. The number of H-pyrrole nitrogens is 1. The van der Waals surface area contributed by atoms with Gasteiger partial charge in [-0.3, -0.25) is 4.79 Å². The van der Waals surface area contributed by atoms with E-state index in [1.54, 1.807) is 11.8 Å². The fourth-order valence-electron chi connectivity index (χ4n) is 3.90. The monoisotopic (exact) mass is 379 g/mol. The quantitative estimate of drug-likeness (QED) is 0.651. The van der Waals surface area contributed by atoms with Crippen LogP contribution in [0.25, 0.3) is 11.0 Å². The van der Waals surface area contributed by atoms with E-state index in [9.17, 15) is 4.79 Å². The molecule has 4 nitrogen and oxygen atoms in total. The molecular formula is C22H25N3OS. The molecule has 27 heavy (non-hydrogen) atoms. The Balaban J connectivity index is 1.39. The number of hydrogen-bond acceptors (Lipinski definition) is 3. The van der Waals surface area contributed by atoms with Crippen LogP contribution in [0.3, 0.4) is 0 Å². The van der Waals surface area contributed by atoms with Crippen molar-refractivity contribution in [3.8, 4) is 0 Å². The molecule has 4 rings (SSSR count). The highest BCUT2D eigenvalue weighted by Gasteiger charge is 2.25. The standard InChI is InChI=1S/C22H25N3OS/c1-15-11-16(2)13-25(12-15)21(26)18-9-7-17(8-10-18)14-27-22-23-19-5-3-4-6-20(19)24-22/h3-10,15-16H,11-14H2,1-2H3,(H,23,24)/t15-,16-/m0/s1. The normalized spacial score (nSPS) is 20.1. The zero-order valence-corrected chi connectivity index (χ0v) is 16.6. The van der Waals surface area contributed by atoms with Gasteiger partial charge in [-0.25, -0.2) is 4.98 Å². The Morgan fingerprint density at radius 2 is 1.81 bits per heavy atom. The Bertz CT molecular complexity index is 891. The van der Waals surface area contributed by atoms with Gasteiger partial charge < -0.3 is 9.88 Å². The second-order valence-corrected chi connectivity index (χ2v) is 8.66. The molecule has 0 aliphatic carbocycles. The maximum absolute atomic E-state index is 12.8. The van der Waals surface area contributed by atoms with Gasteiger partial charge in [0.1, 0.15) is 0 Å². The number of likely N-dealkylation sites (tertiary alicyclic amines) is 1. The summed E-state index contributed by atoms with van der Waals surface area (Å²) in [6, 6.07) is 16.1. The topological polar surface area (TPSA) is 49.0 Å². The number of benzene rings is 2. The summed E-state index contributed by atoms with van der Waals surface area (Å²) in [5.74, 6) is 2.14. The van der Waals surface area contributed by atoms with Crippen LogP contribution in [0.15, 0.2) is 53.7 Å². The molecule has 1 amide bonds. The van der Waals surface area contributed by atoms with Crippen LogP contribution in [-0.2, 0) is 5.75 Å². The van der Waals surface area contributed by atoms with E-state index in [0.717, 1.165) is 40.6 Å². The number of aromatic amines is 1. The molecule has 1 saturated heterocycles. The van der Waals surface area contributed by atoms with Crippen molar-refractivity contribution in [3.05, 3.63) is 59.7 Å². The molecule has 0 unspecified atom stereocenters. The predicted molar refractivity (Wildman–Crippen MR) is 111 cm³/mol. The van der Waals surface area contributed by atoms with E-state index in [0.29, 0.717) is 11.8 Å². The van der Waals surface area contributed by atoms with Crippen molar-refractivity contribution in [1.82, 2.24) is 14.9 Å². The summed E-state index contributed by atoms with van der Waals surface area (Å²) in [5.41, 5.74) is 4.03. The third-order valence-electron chi connectivity index (χ3n) is 5.10. The number of para-hydroxylation sites is 2. The number of hydrogen-bond donors (Lipinski definition) is 1. The number of fused-ring (bicyclic) bond motifs is 1. The number of carbonyl (C=O) groups is 1. The van der Waals surface area contributed by atoms with Gasteiger partial charge in [0.05, 0.1) is 11.0 Å². The van der Waals surface area contributed by atoms with Gasteiger partial charge in [-0.15, -0.1) is 0 Å². The minimum atomic E-state index is 0.157. The second kappa shape index (κ2) is 7.77. The van der Waals surface area contributed by atoms with Crippen LogP contribution in [0.1, 0.15) is 36.2 Å². The zero-order valence-electron chi connectivity index (χ0n) is 15.8. The summed E-state index contributed by atoms with van der Waals surface area (Å²) in [6.07, 6.45) is 1.21. The van der Waals surface area contributed by atoms with Gasteiger partial charge in [-0.05, 0) is 48.1 Å². The Morgan fingerprint density at radius 1 is 1.11 bits per heavy atom. The summed E-state index contributed by atoms with van der Waals surface area (Å²) < 4.78 is 0. The number of carbonyl (C=O) groups excluding carboxylic acids is 1. The summed E-state index contributed by atoms with van der Waals surface area (Å²) in [5, 5.41) is 0.924. The first-order valence-electron chi connectivity index (χ1n) is 9.54. The molecule has 0 spiro atoms. The lowest BCUT2D eigenvalue weighted by Crippen LogP contribution is -2.42. The summed E-state index contributed by atoms with van der Waals surface area (Å²) in [4.78, 5) is 22.7. The molecule has 140 valence electrons. The maximum atomic E-state index is 12.8. The number of piperidine rings is 1. The molecule has 2 atom stereocenters. The lowest BCUT2D eigenvalue weighted by atomic mass is 9.91. The predicted octanol–water partition coefficient (Wildman–Crippen LogP) is 4.97. The van der Waals surface area contributed by atoms with Gasteiger partial charge in [0, 0.05) is 24.4 Å². The first-order valence-corrected chi connectivity index (χ1v) is 10.5. The number of nitrogens with zero attached hydrogens (tertiary/aromatic N) is 2. The fraction of sp³-hybridized carbons (Fsp3) is 0.364. The van der Waals surface area contributed by atoms with Crippen LogP contribution >= 0.6 is 11.8 Å². The van der Waals surface area contributed by atoms with E-state index in [1.807, 2.05) is 41.3 Å². The second-order valence-electron chi connectivity index (χ2n) is 7.70.